The molecule has 3 nitrogen and oxygen atoms in total. The molecular weight excluding hydrogens is 180 g/mol. The summed E-state index contributed by atoms with van der Waals surface area (Å²) in [6.07, 6.45) is 4.25. The number of rotatable bonds is 1. The first-order chi connectivity index (χ1) is 6.81. The number of esters is 1. The monoisotopic (exact) mass is 198 g/mol. The van der Waals surface area contributed by atoms with E-state index in [-0.39, 0.29) is 11.9 Å². The fourth-order valence-electron chi connectivity index (χ4n) is 2.75. The second-order valence-electron chi connectivity index (χ2n) is 4.42. The molecule has 0 N–H and O–H groups in total. The fraction of sp³-hybridized carbons (Fsp3) is 0.909. The normalized spacial score (nSPS) is 37.4. The Kier molecular flexibility index (Phi) is 3.06. The van der Waals surface area contributed by atoms with Crippen molar-refractivity contribution in [2.75, 3.05) is 20.3 Å². The molecule has 0 aromatic rings. The maximum absolute atomic E-state index is 11.4. The average molecular weight is 198 g/mol. The van der Waals surface area contributed by atoms with Crippen molar-refractivity contribution in [1.82, 2.24) is 0 Å². The minimum absolute atomic E-state index is 0.0186. The van der Waals surface area contributed by atoms with Gasteiger partial charge in [-0.3, -0.25) is 4.79 Å². The molecular formula is C11H18O3. The van der Waals surface area contributed by atoms with Gasteiger partial charge in [0.15, 0.2) is 0 Å². The smallest absolute Gasteiger partial charge is 0.308 e. The summed E-state index contributed by atoms with van der Waals surface area (Å²) in [6, 6.07) is 0. The van der Waals surface area contributed by atoms with E-state index in [0.717, 1.165) is 38.9 Å². The van der Waals surface area contributed by atoms with E-state index in [2.05, 4.69) is 0 Å². The third-order valence-electron chi connectivity index (χ3n) is 3.64. The molecule has 1 saturated carbocycles. The van der Waals surface area contributed by atoms with Crippen molar-refractivity contribution in [1.29, 1.82) is 0 Å². The molecule has 0 bridgehead atoms. The maximum Gasteiger partial charge on any atom is 0.308 e. The highest BCUT2D eigenvalue weighted by Gasteiger charge is 2.35. The van der Waals surface area contributed by atoms with Crippen LogP contribution in [0.4, 0.5) is 0 Å². The van der Waals surface area contributed by atoms with E-state index >= 15 is 0 Å². The summed E-state index contributed by atoms with van der Waals surface area (Å²) in [7, 11) is 1.48. The van der Waals surface area contributed by atoms with Gasteiger partial charge in [-0.2, -0.15) is 0 Å². The topological polar surface area (TPSA) is 35.5 Å². The molecule has 2 fully saturated rings. The van der Waals surface area contributed by atoms with Crippen LogP contribution in [0.5, 0.6) is 0 Å². The molecule has 3 heteroatoms. The Hall–Kier alpha value is -0.570. The number of methoxy groups -OCH3 is 1. The van der Waals surface area contributed by atoms with Crippen LogP contribution in [0.25, 0.3) is 0 Å². The van der Waals surface area contributed by atoms with E-state index in [0.29, 0.717) is 11.8 Å². The third-order valence-corrected chi connectivity index (χ3v) is 3.64. The highest BCUT2D eigenvalue weighted by molar-refractivity contribution is 5.72. The SMILES string of the molecule is COC(=O)[C@@H]1CC[C@@H]2COCC[C@H]2C1. The zero-order valence-corrected chi connectivity index (χ0v) is 8.70. The average Bonchev–Trinajstić information content (AvgIpc) is 2.27. The van der Waals surface area contributed by atoms with Gasteiger partial charge < -0.3 is 9.47 Å². The van der Waals surface area contributed by atoms with Crippen LogP contribution in [-0.4, -0.2) is 26.3 Å². The molecule has 14 heavy (non-hydrogen) atoms. The quantitative estimate of drug-likeness (QED) is 0.600. The number of ether oxygens (including phenoxy) is 2. The van der Waals surface area contributed by atoms with Gasteiger partial charge in [0.1, 0.15) is 0 Å². The van der Waals surface area contributed by atoms with E-state index in [4.69, 9.17) is 9.47 Å². The summed E-state index contributed by atoms with van der Waals surface area (Å²) < 4.78 is 10.2. The molecule has 0 aromatic carbocycles. The minimum atomic E-state index is -0.0186. The molecule has 0 aromatic heterocycles. The van der Waals surface area contributed by atoms with Gasteiger partial charge in [-0.15, -0.1) is 0 Å². The molecule has 1 aliphatic heterocycles. The van der Waals surface area contributed by atoms with E-state index in [1.165, 1.54) is 7.11 Å². The van der Waals surface area contributed by atoms with Crippen molar-refractivity contribution in [2.45, 2.75) is 25.7 Å². The van der Waals surface area contributed by atoms with Gasteiger partial charge in [0.05, 0.1) is 13.0 Å². The summed E-state index contributed by atoms with van der Waals surface area (Å²) >= 11 is 0. The van der Waals surface area contributed by atoms with Crippen LogP contribution in [0.15, 0.2) is 0 Å². The molecule has 3 atom stereocenters. The highest BCUT2D eigenvalue weighted by Crippen LogP contribution is 2.38. The Morgan fingerprint density at radius 2 is 2.14 bits per heavy atom. The lowest BCUT2D eigenvalue weighted by Crippen LogP contribution is -2.35. The lowest BCUT2D eigenvalue weighted by Gasteiger charge is -2.38. The van der Waals surface area contributed by atoms with Gasteiger partial charge in [0.25, 0.3) is 0 Å². The Morgan fingerprint density at radius 3 is 2.93 bits per heavy atom. The van der Waals surface area contributed by atoms with Gasteiger partial charge in [0.2, 0.25) is 0 Å². The predicted octanol–water partition coefficient (Wildman–Crippen LogP) is 1.61. The number of fused-ring (bicyclic) bond motifs is 1. The van der Waals surface area contributed by atoms with Crippen LogP contribution >= 0.6 is 0 Å². The zero-order valence-electron chi connectivity index (χ0n) is 8.70. The summed E-state index contributed by atoms with van der Waals surface area (Å²) in [5.74, 6) is 1.53. The van der Waals surface area contributed by atoms with Gasteiger partial charge in [0, 0.05) is 13.2 Å². The molecule has 2 aliphatic rings. The van der Waals surface area contributed by atoms with Crippen molar-refractivity contribution in [3.63, 3.8) is 0 Å². The zero-order chi connectivity index (χ0) is 9.97. The molecule has 1 heterocycles. The molecule has 0 amide bonds. The summed E-state index contributed by atoms with van der Waals surface area (Å²) in [4.78, 5) is 11.4. The van der Waals surface area contributed by atoms with Crippen LogP contribution in [0.1, 0.15) is 25.7 Å². The van der Waals surface area contributed by atoms with E-state index in [1.807, 2.05) is 0 Å². The second-order valence-corrected chi connectivity index (χ2v) is 4.42. The van der Waals surface area contributed by atoms with Crippen LogP contribution in [0.2, 0.25) is 0 Å². The van der Waals surface area contributed by atoms with Gasteiger partial charge >= 0.3 is 5.97 Å². The van der Waals surface area contributed by atoms with Crippen molar-refractivity contribution in [3.8, 4) is 0 Å². The van der Waals surface area contributed by atoms with E-state index in [1.54, 1.807) is 0 Å². The lowest BCUT2D eigenvalue weighted by atomic mass is 9.72. The van der Waals surface area contributed by atoms with Crippen LogP contribution in [0, 0.1) is 17.8 Å². The maximum atomic E-state index is 11.4. The van der Waals surface area contributed by atoms with Gasteiger partial charge in [-0.05, 0) is 37.5 Å². The molecule has 2 rings (SSSR count). The van der Waals surface area contributed by atoms with Crippen molar-refractivity contribution in [2.24, 2.45) is 17.8 Å². The first-order valence-corrected chi connectivity index (χ1v) is 5.47. The number of carbonyl (C=O) groups is 1. The standard InChI is InChI=1S/C11H18O3/c1-13-11(12)9-2-3-10-7-14-5-4-8(10)6-9/h8-10H,2-7H2,1H3/t8-,9+,10+/m0/s1. The fourth-order valence-corrected chi connectivity index (χ4v) is 2.75. The summed E-state index contributed by atoms with van der Waals surface area (Å²) in [5.41, 5.74) is 0. The van der Waals surface area contributed by atoms with E-state index < -0.39 is 0 Å². The number of hydrogen-bond acceptors (Lipinski definition) is 3. The Balaban J connectivity index is 1.92. The molecule has 0 unspecified atom stereocenters. The molecule has 1 aliphatic carbocycles. The first kappa shape index (κ1) is 9.97. The largest absolute Gasteiger partial charge is 0.469 e. The predicted molar refractivity (Wildman–Crippen MR) is 51.8 cm³/mol. The molecule has 0 radical (unpaired) electrons. The molecule has 0 spiro atoms. The first-order valence-electron chi connectivity index (χ1n) is 5.47. The Bertz CT molecular complexity index is 215. The highest BCUT2D eigenvalue weighted by atomic mass is 16.5. The lowest BCUT2D eigenvalue weighted by molar-refractivity contribution is -0.148. The van der Waals surface area contributed by atoms with Crippen LogP contribution in [0.3, 0.4) is 0 Å². The second kappa shape index (κ2) is 4.30. The summed E-state index contributed by atoms with van der Waals surface area (Å²) in [5, 5.41) is 0. The van der Waals surface area contributed by atoms with E-state index in [9.17, 15) is 4.79 Å². The minimum Gasteiger partial charge on any atom is -0.469 e. The Labute approximate surface area is 84.8 Å². The van der Waals surface area contributed by atoms with Crippen LogP contribution in [-0.2, 0) is 14.3 Å². The van der Waals surface area contributed by atoms with Crippen molar-refractivity contribution >= 4 is 5.97 Å². The van der Waals surface area contributed by atoms with Gasteiger partial charge in [-0.1, -0.05) is 0 Å². The Morgan fingerprint density at radius 1 is 1.29 bits per heavy atom. The third kappa shape index (κ3) is 1.92. The van der Waals surface area contributed by atoms with Crippen LogP contribution < -0.4 is 0 Å². The summed E-state index contributed by atoms with van der Waals surface area (Å²) in [6.45, 7) is 1.77. The van der Waals surface area contributed by atoms with Gasteiger partial charge in [-0.25, -0.2) is 0 Å². The molecule has 80 valence electrons. The number of carbonyl (C=O) groups excluding carboxylic acids is 1. The molecule has 1 saturated heterocycles. The number of hydrogen-bond donors (Lipinski definition) is 0. The van der Waals surface area contributed by atoms with Crippen molar-refractivity contribution < 1.29 is 14.3 Å². The van der Waals surface area contributed by atoms with Crippen molar-refractivity contribution in [3.05, 3.63) is 0 Å².